The zero-order valence-corrected chi connectivity index (χ0v) is 30.2. The van der Waals surface area contributed by atoms with E-state index >= 15 is 0 Å². The molecule has 7 nitrogen and oxygen atoms in total. The standard InChI is InChI=1S/C44H41N5O2S/c1-3-9-39(50)47-36-17-14-27-10-5-7-12-31(27)40(36)41-32-13-8-6-11-28(32)15-18-37(41)48-43(52)46-30-16-19-35-34(25-30)33(20-22-45-35)42-38-24-29-21-23-49(38)26-44(29,4-2)51-42/h3,5-20,22,25,29,38,42H,4,21,23-24,26H2,1-2H3,(H,47,50)(H2,46,48,52)/b9-3+/t29-,38+,42-,44+/m0/s1. The second-order valence-corrected chi connectivity index (χ2v) is 14.7. The number of hydrogen-bond acceptors (Lipinski definition) is 5. The van der Waals surface area contributed by atoms with Crippen LogP contribution in [0, 0.1) is 5.92 Å². The maximum atomic E-state index is 12.9. The fourth-order valence-electron chi connectivity index (χ4n) is 9.12. The molecule has 8 heteroatoms. The first-order valence-corrected chi connectivity index (χ1v) is 18.7. The van der Waals surface area contributed by atoms with Crippen molar-refractivity contribution in [2.45, 2.75) is 50.9 Å². The molecule has 0 aliphatic carbocycles. The summed E-state index contributed by atoms with van der Waals surface area (Å²) in [6.45, 7) is 6.32. The summed E-state index contributed by atoms with van der Waals surface area (Å²) in [7, 11) is 0. The van der Waals surface area contributed by atoms with E-state index in [9.17, 15) is 4.79 Å². The lowest BCUT2D eigenvalue weighted by atomic mass is 9.66. The van der Waals surface area contributed by atoms with Crippen molar-refractivity contribution in [2.24, 2.45) is 5.92 Å². The van der Waals surface area contributed by atoms with Crippen molar-refractivity contribution in [2.75, 3.05) is 29.0 Å². The molecule has 4 bridgehead atoms. The van der Waals surface area contributed by atoms with Crippen LogP contribution in [0.4, 0.5) is 17.1 Å². The molecule has 3 N–H and O–H groups in total. The monoisotopic (exact) mass is 703 g/mol. The van der Waals surface area contributed by atoms with E-state index in [2.05, 4.69) is 82.4 Å². The number of ether oxygens (including phenoxy) is 1. The lowest BCUT2D eigenvalue weighted by Crippen LogP contribution is -2.70. The van der Waals surface area contributed by atoms with Crippen LogP contribution < -0.4 is 16.0 Å². The van der Waals surface area contributed by atoms with Crippen LogP contribution in [-0.4, -0.2) is 45.6 Å². The first kappa shape index (κ1) is 32.7. The molecule has 5 aromatic carbocycles. The molecular formula is C44H41N5O2S. The molecular weight excluding hydrogens is 663 g/mol. The molecule has 5 saturated heterocycles. The van der Waals surface area contributed by atoms with Crippen LogP contribution in [0.3, 0.4) is 0 Å². The summed E-state index contributed by atoms with van der Waals surface area (Å²) in [5.41, 5.74) is 6.39. The number of carbonyl (C=O) groups is 1. The number of anilines is 3. The molecule has 5 fully saturated rings. The predicted octanol–water partition coefficient (Wildman–Crippen LogP) is 9.85. The number of nitrogens with one attached hydrogen (secondary N) is 3. The van der Waals surface area contributed by atoms with Crippen LogP contribution >= 0.6 is 12.2 Å². The van der Waals surface area contributed by atoms with Gasteiger partial charge in [0.25, 0.3) is 0 Å². The summed E-state index contributed by atoms with van der Waals surface area (Å²) >= 11 is 6.03. The van der Waals surface area contributed by atoms with Crippen molar-refractivity contribution in [3.8, 4) is 11.1 Å². The predicted molar refractivity (Wildman–Crippen MR) is 217 cm³/mol. The molecule has 0 spiro atoms. The number of amides is 1. The van der Waals surface area contributed by atoms with Crippen molar-refractivity contribution >= 4 is 72.7 Å². The first-order valence-electron chi connectivity index (χ1n) is 18.3. The maximum absolute atomic E-state index is 12.9. The summed E-state index contributed by atoms with van der Waals surface area (Å²) < 4.78 is 7.06. The molecule has 0 radical (unpaired) electrons. The van der Waals surface area contributed by atoms with Gasteiger partial charge >= 0.3 is 0 Å². The number of aromatic nitrogens is 1. The SMILES string of the molecule is C/C=C/C(=O)Nc1ccc2ccccc2c1-c1c(NC(=S)Nc2ccc3nccc([C@@H]4O[C@]5(CC)CN6CC[C@H]5C[C@H]46)c3c2)ccc2ccccc12. The highest BCUT2D eigenvalue weighted by Crippen LogP contribution is 2.55. The van der Waals surface area contributed by atoms with Crippen LogP contribution in [0.1, 0.15) is 44.8 Å². The molecule has 5 aliphatic rings. The molecule has 11 rings (SSSR count). The van der Waals surface area contributed by atoms with Crippen LogP contribution in [0.15, 0.2) is 115 Å². The Hall–Kier alpha value is -5.15. The van der Waals surface area contributed by atoms with Gasteiger partial charge in [-0.15, -0.1) is 0 Å². The number of carbonyl (C=O) groups excluding carboxylic acids is 1. The topological polar surface area (TPSA) is 78.5 Å². The normalized spacial score (nSPS) is 23.4. The smallest absolute Gasteiger partial charge is 0.248 e. The highest BCUT2D eigenvalue weighted by Gasteiger charge is 2.58. The Balaban J connectivity index is 1.08. The van der Waals surface area contributed by atoms with Crippen molar-refractivity contribution < 1.29 is 9.53 Å². The number of pyridine rings is 1. The Morgan fingerprint density at radius 2 is 1.62 bits per heavy atom. The average molecular weight is 704 g/mol. The number of piperidine rings is 3. The van der Waals surface area contributed by atoms with Gasteiger partial charge in [-0.25, -0.2) is 0 Å². The van der Waals surface area contributed by atoms with Crippen molar-refractivity contribution in [1.29, 1.82) is 0 Å². The zero-order valence-electron chi connectivity index (χ0n) is 29.4. The molecule has 0 saturated carbocycles. The maximum Gasteiger partial charge on any atom is 0.248 e. The van der Waals surface area contributed by atoms with Crippen molar-refractivity contribution in [3.05, 3.63) is 121 Å². The molecule has 6 aromatic rings. The van der Waals surface area contributed by atoms with Gasteiger partial charge in [0.15, 0.2) is 5.11 Å². The van der Waals surface area contributed by atoms with Gasteiger partial charge in [-0.1, -0.05) is 73.7 Å². The third kappa shape index (κ3) is 5.53. The summed E-state index contributed by atoms with van der Waals surface area (Å²) in [4.78, 5) is 20.3. The molecule has 6 heterocycles. The van der Waals surface area contributed by atoms with Gasteiger partial charge in [0.1, 0.15) is 0 Å². The Bertz CT molecular complexity index is 2430. The zero-order chi connectivity index (χ0) is 35.4. The number of morpholine rings is 1. The van der Waals surface area contributed by atoms with Crippen LogP contribution in [0.2, 0.25) is 0 Å². The van der Waals surface area contributed by atoms with E-state index in [0.717, 1.165) is 80.1 Å². The van der Waals surface area contributed by atoms with Gasteiger partial charge in [-0.2, -0.15) is 0 Å². The van der Waals surface area contributed by atoms with Crippen LogP contribution in [-0.2, 0) is 9.53 Å². The van der Waals surface area contributed by atoms with E-state index in [1.54, 1.807) is 12.2 Å². The minimum atomic E-state index is -0.183. The highest BCUT2D eigenvalue weighted by atomic mass is 32.1. The third-order valence-electron chi connectivity index (χ3n) is 11.6. The van der Waals surface area contributed by atoms with E-state index < -0.39 is 0 Å². The van der Waals surface area contributed by atoms with E-state index in [-0.39, 0.29) is 17.6 Å². The minimum Gasteiger partial charge on any atom is -0.364 e. The van der Waals surface area contributed by atoms with Crippen LogP contribution in [0.5, 0.6) is 0 Å². The van der Waals surface area contributed by atoms with Gasteiger partial charge in [0.2, 0.25) is 5.91 Å². The van der Waals surface area contributed by atoms with E-state index in [1.807, 2.05) is 55.6 Å². The lowest BCUT2D eigenvalue weighted by Gasteiger charge is -2.64. The quantitative estimate of drug-likeness (QED) is 0.113. The number of allylic oxidation sites excluding steroid dienone is 1. The lowest BCUT2D eigenvalue weighted by molar-refractivity contribution is -0.274. The summed E-state index contributed by atoms with van der Waals surface area (Å²) in [6, 6.07) is 33.5. The Labute approximate surface area is 309 Å². The number of thiocarbonyl (C=S) groups is 1. The number of nitrogens with zero attached hydrogens (tertiary/aromatic N) is 2. The van der Waals surface area contributed by atoms with E-state index in [0.29, 0.717) is 17.1 Å². The van der Waals surface area contributed by atoms with Crippen molar-refractivity contribution in [1.82, 2.24) is 9.88 Å². The molecule has 52 heavy (non-hydrogen) atoms. The summed E-state index contributed by atoms with van der Waals surface area (Å²) in [6.07, 6.45) is 8.67. The molecule has 5 atom stereocenters. The van der Waals surface area contributed by atoms with Gasteiger partial charge in [-0.05, 0) is 120 Å². The molecule has 1 unspecified atom stereocenters. The fourth-order valence-corrected chi connectivity index (χ4v) is 9.35. The molecule has 1 amide bonds. The largest absolute Gasteiger partial charge is 0.364 e. The Kier molecular flexibility index (Phi) is 8.26. The second kappa shape index (κ2) is 13.1. The Morgan fingerprint density at radius 3 is 2.29 bits per heavy atom. The third-order valence-corrected chi connectivity index (χ3v) is 11.8. The number of benzene rings is 5. The highest BCUT2D eigenvalue weighted by molar-refractivity contribution is 7.80. The van der Waals surface area contributed by atoms with Gasteiger partial charge in [-0.3, -0.25) is 14.7 Å². The minimum absolute atomic E-state index is 0.0134. The fraction of sp³-hybridized carbons (Fsp3) is 0.250. The van der Waals surface area contributed by atoms with Crippen LogP contribution in [0.25, 0.3) is 43.6 Å². The van der Waals surface area contributed by atoms with E-state index in [1.165, 1.54) is 18.4 Å². The van der Waals surface area contributed by atoms with E-state index in [4.69, 9.17) is 21.9 Å². The first-order chi connectivity index (χ1) is 25.4. The number of rotatable bonds is 7. The molecule has 5 aliphatic heterocycles. The average Bonchev–Trinajstić information content (AvgIpc) is 3.17. The van der Waals surface area contributed by atoms with Gasteiger partial charge < -0.3 is 20.7 Å². The van der Waals surface area contributed by atoms with Gasteiger partial charge in [0.05, 0.1) is 17.2 Å². The van der Waals surface area contributed by atoms with Crippen molar-refractivity contribution in [3.63, 3.8) is 0 Å². The van der Waals surface area contributed by atoms with Gasteiger partial charge in [0, 0.05) is 52.4 Å². The summed E-state index contributed by atoms with van der Waals surface area (Å²) in [5.74, 6) is 0.462. The second-order valence-electron chi connectivity index (χ2n) is 14.3. The number of fused-ring (bicyclic) bond motifs is 5. The Morgan fingerprint density at radius 1 is 0.904 bits per heavy atom. The molecule has 260 valence electrons. The number of hydrogen-bond donors (Lipinski definition) is 3. The summed E-state index contributed by atoms with van der Waals surface area (Å²) in [5, 5.41) is 15.9. The molecule has 1 aromatic heterocycles.